The smallest absolute Gasteiger partial charge is 0.262 e. The number of hydrogen-bond donors (Lipinski definition) is 1. The zero-order valence-corrected chi connectivity index (χ0v) is 17.3. The maximum absolute atomic E-state index is 12.8. The first kappa shape index (κ1) is 21.1. The van der Waals surface area contributed by atoms with E-state index in [1.54, 1.807) is 47.8 Å². The van der Waals surface area contributed by atoms with Gasteiger partial charge in [0, 0.05) is 24.8 Å². The molecular weight excluding hydrogens is 392 g/mol. The zero-order chi connectivity index (χ0) is 20.7. The molecule has 0 radical (unpaired) electrons. The molecule has 1 N–H and O–H groups in total. The molecule has 1 saturated heterocycles. The van der Waals surface area contributed by atoms with Gasteiger partial charge >= 0.3 is 0 Å². The van der Waals surface area contributed by atoms with Crippen LogP contribution in [0.3, 0.4) is 0 Å². The van der Waals surface area contributed by atoms with Crippen molar-refractivity contribution in [1.82, 2.24) is 4.31 Å². The van der Waals surface area contributed by atoms with Crippen molar-refractivity contribution in [2.24, 2.45) is 0 Å². The highest BCUT2D eigenvalue weighted by Gasteiger charge is 2.25. The molecule has 0 saturated carbocycles. The number of ether oxygens (including phenoxy) is 2. The van der Waals surface area contributed by atoms with Gasteiger partial charge in [-0.3, -0.25) is 4.79 Å². The molecule has 1 aliphatic heterocycles. The molecule has 1 amide bonds. The molecule has 2 aromatic rings. The van der Waals surface area contributed by atoms with Crippen LogP contribution >= 0.6 is 0 Å². The minimum absolute atomic E-state index is 0.185. The van der Waals surface area contributed by atoms with Crippen LogP contribution in [0, 0.1) is 0 Å². The van der Waals surface area contributed by atoms with E-state index in [1.165, 1.54) is 12.1 Å². The SMILES string of the molecule is COc1cccc(NC(=O)COc2ccc(S(=O)(=O)N3CCCCCC3)cc2)c1. The average Bonchev–Trinajstić information content (AvgIpc) is 3.03. The van der Waals surface area contributed by atoms with Crippen LogP contribution in [0.25, 0.3) is 0 Å². The summed E-state index contributed by atoms with van der Waals surface area (Å²) in [6.45, 7) is 0.936. The van der Waals surface area contributed by atoms with Crippen molar-refractivity contribution in [2.45, 2.75) is 30.6 Å². The fourth-order valence-electron chi connectivity index (χ4n) is 3.19. The molecule has 0 atom stereocenters. The van der Waals surface area contributed by atoms with Gasteiger partial charge in [0.15, 0.2) is 6.61 Å². The van der Waals surface area contributed by atoms with Gasteiger partial charge in [0.25, 0.3) is 5.91 Å². The summed E-state index contributed by atoms with van der Waals surface area (Å²) < 4.78 is 37.7. The van der Waals surface area contributed by atoms with Crippen LogP contribution in [0.4, 0.5) is 5.69 Å². The van der Waals surface area contributed by atoms with Crippen molar-refractivity contribution in [3.8, 4) is 11.5 Å². The number of amides is 1. The number of nitrogens with zero attached hydrogens (tertiary/aromatic N) is 1. The number of methoxy groups -OCH3 is 1. The second-order valence-electron chi connectivity index (χ2n) is 6.86. The van der Waals surface area contributed by atoms with Crippen LogP contribution in [0.2, 0.25) is 0 Å². The Morgan fingerprint density at radius 1 is 1.00 bits per heavy atom. The number of rotatable bonds is 7. The van der Waals surface area contributed by atoms with E-state index < -0.39 is 10.0 Å². The molecule has 8 heteroatoms. The van der Waals surface area contributed by atoms with E-state index in [0.29, 0.717) is 30.3 Å². The van der Waals surface area contributed by atoms with Gasteiger partial charge in [-0.25, -0.2) is 8.42 Å². The molecule has 1 aliphatic rings. The Kier molecular flexibility index (Phi) is 7.11. The van der Waals surface area contributed by atoms with Gasteiger partial charge in [-0.1, -0.05) is 18.9 Å². The molecule has 1 heterocycles. The lowest BCUT2D eigenvalue weighted by atomic mass is 10.2. The molecule has 0 aromatic heterocycles. The normalized spacial score (nSPS) is 15.3. The maximum atomic E-state index is 12.8. The summed E-state index contributed by atoms with van der Waals surface area (Å²) in [5.74, 6) is 0.755. The van der Waals surface area contributed by atoms with Crippen LogP contribution < -0.4 is 14.8 Å². The first-order valence-corrected chi connectivity index (χ1v) is 11.1. The Morgan fingerprint density at radius 3 is 2.34 bits per heavy atom. The van der Waals surface area contributed by atoms with Crippen molar-refractivity contribution in [1.29, 1.82) is 0 Å². The predicted molar refractivity (Wildman–Crippen MR) is 111 cm³/mol. The maximum Gasteiger partial charge on any atom is 0.262 e. The van der Waals surface area contributed by atoms with E-state index in [0.717, 1.165) is 25.7 Å². The molecule has 0 bridgehead atoms. The highest BCUT2D eigenvalue weighted by Crippen LogP contribution is 2.22. The van der Waals surface area contributed by atoms with E-state index in [9.17, 15) is 13.2 Å². The van der Waals surface area contributed by atoms with Crippen molar-refractivity contribution < 1.29 is 22.7 Å². The third-order valence-corrected chi connectivity index (χ3v) is 6.66. The highest BCUT2D eigenvalue weighted by molar-refractivity contribution is 7.89. The highest BCUT2D eigenvalue weighted by atomic mass is 32.2. The molecule has 2 aromatic carbocycles. The fraction of sp³-hybridized carbons (Fsp3) is 0.381. The molecule has 3 rings (SSSR count). The number of anilines is 1. The van der Waals surface area contributed by atoms with Gasteiger partial charge in [-0.2, -0.15) is 4.31 Å². The summed E-state index contributed by atoms with van der Waals surface area (Å²) in [6, 6.07) is 13.2. The molecule has 29 heavy (non-hydrogen) atoms. The van der Waals surface area contributed by atoms with E-state index in [2.05, 4.69) is 5.32 Å². The second kappa shape index (κ2) is 9.76. The third-order valence-electron chi connectivity index (χ3n) is 4.75. The van der Waals surface area contributed by atoms with Crippen LogP contribution in [0.5, 0.6) is 11.5 Å². The minimum Gasteiger partial charge on any atom is -0.497 e. The van der Waals surface area contributed by atoms with Crippen LogP contribution in [-0.4, -0.2) is 45.4 Å². The molecular formula is C21H26N2O5S. The van der Waals surface area contributed by atoms with Crippen LogP contribution in [-0.2, 0) is 14.8 Å². The number of sulfonamides is 1. The molecule has 7 nitrogen and oxygen atoms in total. The van der Waals surface area contributed by atoms with Gasteiger partial charge in [0.05, 0.1) is 12.0 Å². The molecule has 0 aliphatic carbocycles. The molecule has 0 unspecified atom stereocenters. The number of carbonyl (C=O) groups excluding carboxylic acids is 1. The lowest BCUT2D eigenvalue weighted by Gasteiger charge is -2.20. The summed E-state index contributed by atoms with van der Waals surface area (Å²) in [6.07, 6.45) is 3.92. The van der Waals surface area contributed by atoms with Crippen molar-refractivity contribution in [2.75, 3.05) is 32.1 Å². The van der Waals surface area contributed by atoms with Gasteiger partial charge < -0.3 is 14.8 Å². The summed E-state index contributed by atoms with van der Waals surface area (Å²) in [4.78, 5) is 12.3. The lowest BCUT2D eigenvalue weighted by Crippen LogP contribution is -2.31. The van der Waals surface area contributed by atoms with Crippen molar-refractivity contribution in [3.05, 3.63) is 48.5 Å². The quantitative estimate of drug-likeness (QED) is 0.746. The van der Waals surface area contributed by atoms with Crippen LogP contribution in [0.15, 0.2) is 53.4 Å². The minimum atomic E-state index is -3.49. The van der Waals surface area contributed by atoms with Gasteiger partial charge in [-0.05, 0) is 49.2 Å². The fourth-order valence-corrected chi connectivity index (χ4v) is 4.70. The predicted octanol–water partition coefficient (Wildman–Crippen LogP) is 3.28. The van der Waals surface area contributed by atoms with Gasteiger partial charge in [-0.15, -0.1) is 0 Å². The van der Waals surface area contributed by atoms with E-state index in [-0.39, 0.29) is 17.4 Å². The standard InChI is InChI=1S/C21H26N2O5S/c1-27-19-8-6-7-17(15-19)22-21(24)16-28-18-9-11-20(12-10-18)29(25,26)23-13-4-2-3-5-14-23/h6-12,15H,2-5,13-14,16H2,1H3,(H,22,24). The van der Waals surface area contributed by atoms with E-state index >= 15 is 0 Å². The van der Waals surface area contributed by atoms with Crippen molar-refractivity contribution in [3.63, 3.8) is 0 Å². The summed E-state index contributed by atoms with van der Waals surface area (Å²) in [7, 11) is -1.94. The Balaban J connectivity index is 1.56. The van der Waals surface area contributed by atoms with Crippen molar-refractivity contribution >= 4 is 21.6 Å². The Hall–Kier alpha value is -2.58. The van der Waals surface area contributed by atoms with E-state index in [4.69, 9.17) is 9.47 Å². The molecule has 0 spiro atoms. The molecule has 1 fully saturated rings. The van der Waals surface area contributed by atoms with Gasteiger partial charge in [0.2, 0.25) is 10.0 Å². The Bertz CT molecular complexity index is 920. The zero-order valence-electron chi connectivity index (χ0n) is 16.5. The summed E-state index contributed by atoms with van der Waals surface area (Å²) >= 11 is 0. The lowest BCUT2D eigenvalue weighted by molar-refractivity contribution is -0.118. The monoisotopic (exact) mass is 418 g/mol. The second-order valence-corrected chi connectivity index (χ2v) is 8.80. The average molecular weight is 419 g/mol. The number of benzene rings is 2. The van der Waals surface area contributed by atoms with E-state index in [1.807, 2.05) is 0 Å². The Morgan fingerprint density at radius 2 is 1.69 bits per heavy atom. The van der Waals surface area contributed by atoms with Crippen LogP contribution in [0.1, 0.15) is 25.7 Å². The largest absolute Gasteiger partial charge is 0.497 e. The number of hydrogen-bond acceptors (Lipinski definition) is 5. The first-order valence-electron chi connectivity index (χ1n) is 9.66. The number of nitrogens with one attached hydrogen (secondary N) is 1. The number of carbonyl (C=O) groups is 1. The van der Waals surface area contributed by atoms with Gasteiger partial charge in [0.1, 0.15) is 11.5 Å². The summed E-state index contributed by atoms with van der Waals surface area (Å²) in [5.41, 5.74) is 0.608. The summed E-state index contributed by atoms with van der Waals surface area (Å²) in [5, 5.41) is 2.72. The Labute approximate surface area is 171 Å². The molecule has 156 valence electrons. The topological polar surface area (TPSA) is 84.9 Å². The first-order chi connectivity index (χ1) is 14.0. The third kappa shape index (κ3) is 5.71.